The highest BCUT2D eigenvalue weighted by molar-refractivity contribution is 5.79. The third kappa shape index (κ3) is 1030. The fourth-order valence-electron chi connectivity index (χ4n) is 0. The average molecular weight is 254 g/mol. The number of hydrogen-bond acceptors (Lipinski definition) is 2. The summed E-state index contributed by atoms with van der Waals surface area (Å²) in [5, 5.41) is 15.4. The van der Waals surface area contributed by atoms with E-state index >= 15 is 0 Å². The first-order valence-electron chi connectivity index (χ1n) is 4.73. The molecular weight excluding hydrogens is 226 g/mol. The van der Waals surface area contributed by atoms with Crippen molar-refractivity contribution in [3.05, 3.63) is 12.7 Å². The lowest BCUT2D eigenvalue weighted by molar-refractivity contribution is -0.849. The predicted molar refractivity (Wildman–Crippen MR) is 65.8 cm³/mol. The van der Waals surface area contributed by atoms with Crippen LogP contribution >= 0.6 is 0 Å². The molecule has 16 heavy (non-hydrogen) atoms. The van der Waals surface area contributed by atoms with Crippen molar-refractivity contribution in [2.45, 2.75) is 0 Å². The lowest BCUT2D eigenvalue weighted by atomic mass is 10.7. The molecular formula is C11H28ClN3O. The molecule has 0 heterocycles. The molecule has 0 unspecified atom stereocenters. The molecule has 0 amide bonds. The number of hydrogen-bond donors (Lipinski definition) is 1. The minimum Gasteiger partial charge on any atom is -1.00 e. The van der Waals surface area contributed by atoms with Gasteiger partial charge < -0.3 is 31.9 Å². The molecule has 0 saturated carbocycles. The fraction of sp³-hybridized carbons (Fsp3) is 0.727. The minimum absolute atomic E-state index is 0. The smallest absolute Gasteiger partial charge is 0.0675 e. The van der Waals surface area contributed by atoms with E-state index in [4.69, 9.17) is 5.41 Å². The molecule has 0 bridgehead atoms. The van der Waals surface area contributed by atoms with E-state index in [9.17, 15) is 5.11 Å². The molecule has 0 aromatic heterocycles. The van der Waals surface area contributed by atoms with Gasteiger partial charge in [0.15, 0.2) is 0 Å². The largest absolute Gasteiger partial charge is 1.00 e. The Morgan fingerprint density at radius 3 is 1.00 bits per heavy atom. The van der Waals surface area contributed by atoms with Crippen molar-refractivity contribution in [3.8, 4) is 0 Å². The molecule has 0 aliphatic rings. The molecule has 0 aromatic rings. The summed E-state index contributed by atoms with van der Waals surface area (Å²) in [6, 6.07) is 0. The van der Waals surface area contributed by atoms with E-state index in [1.54, 1.807) is 0 Å². The van der Waals surface area contributed by atoms with Crippen molar-refractivity contribution >= 4 is 5.90 Å². The van der Waals surface area contributed by atoms with Crippen LogP contribution in [0, 0.1) is 5.41 Å². The normalized spacial score (nSPS) is 9.50. The quantitative estimate of drug-likeness (QED) is 0.306. The van der Waals surface area contributed by atoms with Gasteiger partial charge >= 0.3 is 0 Å². The van der Waals surface area contributed by atoms with Crippen molar-refractivity contribution < 1.29 is 26.5 Å². The molecule has 0 aliphatic heterocycles. The van der Waals surface area contributed by atoms with Crippen LogP contribution in [0.25, 0.3) is 0 Å². The topological polar surface area (TPSA) is 46.9 Å². The van der Waals surface area contributed by atoms with E-state index in [2.05, 4.69) is 63.0 Å². The van der Waals surface area contributed by atoms with E-state index in [-0.39, 0.29) is 12.4 Å². The molecule has 0 atom stereocenters. The zero-order valence-corrected chi connectivity index (χ0v) is 12.7. The third-order valence-corrected chi connectivity index (χ3v) is 0.185. The number of nitrogens with one attached hydrogen (secondary N) is 1. The van der Waals surface area contributed by atoms with Crippen LogP contribution in [0.2, 0.25) is 0 Å². The van der Waals surface area contributed by atoms with Gasteiger partial charge in [0.2, 0.25) is 0 Å². The second-order valence-corrected chi connectivity index (χ2v) is 5.93. The Morgan fingerprint density at radius 2 is 1.00 bits per heavy atom. The van der Waals surface area contributed by atoms with Gasteiger partial charge in [-0.3, -0.25) is 0 Å². The Bertz CT molecular complexity index is 157. The zero-order valence-electron chi connectivity index (χ0n) is 12.0. The van der Waals surface area contributed by atoms with Gasteiger partial charge in [-0.15, -0.1) is 0 Å². The van der Waals surface area contributed by atoms with Gasteiger partial charge in [-0.2, -0.15) is 0 Å². The second kappa shape index (κ2) is 10.9. The van der Waals surface area contributed by atoms with E-state index in [1.807, 2.05) is 0 Å². The number of nitrogens with zero attached hydrogens (tertiary/aromatic N) is 2. The van der Waals surface area contributed by atoms with Crippen LogP contribution in [-0.2, 0) is 0 Å². The predicted octanol–water partition coefficient (Wildman–Crippen LogP) is -2.84. The lowest BCUT2D eigenvalue weighted by Gasteiger charge is -2.14. The summed E-state index contributed by atoms with van der Waals surface area (Å²) >= 11 is 0. The van der Waals surface area contributed by atoms with E-state index < -0.39 is 5.90 Å². The molecule has 0 rings (SSSR count). The summed E-state index contributed by atoms with van der Waals surface area (Å²) < 4.78 is 2.00. The summed E-state index contributed by atoms with van der Waals surface area (Å²) in [7, 11) is 17.0. The summed E-state index contributed by atoms with van der Waals surface area (Å²) in [5.41, 5.74) is 0. The van der Waals surface area contributed by atoms with E-state index in [0.29, 0.717) is 0 Å². The van der Waals surface area contributed by atoms with Gasteiger partial charge in [-0.25, -0.2) is 0 Å². The van der Waals surface area contributed by atoms with Gasteiger partial charge in [0.25, 0.3) is 0 Å². The van der Waals surface area contributed by atoms with Gasteiger partial charge in [-0.1, -0.05) is 12.7 Å². The summed E-state index contributed by atoms with van der Waals surface area (Å²) in [6.07, 6.45) is 0.944. The van der Waals surface area contributed by atoms with Crippen molar-refractivity contribution in [1.29, 1.82) is 5.41 Å². The van der Waals surface area contributed by atoms with Crippen molar-refractivity contribution in [2.75, 3.05) is 56.4 Å². The average Bonchev–Trinajstić information content (AvgIpc) is 1.79. The molecule has 5 heteroatoms. The highest BCUT2D eigenvalue weighted by atomic mass is 35.5. The maximum atomic E-state index is 9.36. The molecule has 0 aromatic carbocycles. The Morgan fingerprint density at radius 1 is 0.938 bits per heavy atom. The Labute approximate surface area is 107 Å². The van der Waals surface area contributed by atoms with Crippen molar-refractivity contribution in [1.82, 2.24) is 0 Å². The van der Waals surface area contributed by atoms with Crippen LogP contribution in [0.1, 0.15) is 0 Å². The van der Waals surface area contributed by atoms with Crippen LogP contribution in [0.15, 0.2) is 12.7 Å². The standard InChI is InChI=1S/2C4H12N.C3H5NO.ClH/c2*1-5(2,3)4;1-2-3(4)5;/h2*1-4H3;2H,1H2,(H2,4,5);1H/q2*+1;;/p-2. The van der Waals surface area contributed by atoms with Crippen LogP contribution in [0.4, 0.5) is 0 Å². The Hall–Kier alpha value is -0.580. The van der Waals surface area contributed by atoms with Crippen LogP contribution in [0.5, 0.6) is 0 Å². The summed E-state index contributed by atoms with van der Waals surface area (Å²) in [4.78, 5) is 0. The maximum absolute atomic E-state index is 9.36. The minimum atomic E-state index is -0.731. The monoisotopic (exact) mass is 253 g/mol. The van der Waals surface area contributed by atoms with Gasteiger partial charge in [0.1, 0.15) is 0 Å². The fourth-order valence-corrected chi connectivity index (χ4v) is 0. The first-order chi connectivity index (χ1) is 6.27. The molecule has 0 spiro atoms. The molecule has 0 radical (unpaired) electrons. The summed E-state index contributed by atoms with van der Waals surface area (Å²) in [6.45, 7) is 3.02. The Balaban J connectivity index is -0.0000000655. The summed E-state index contributed by atoms with van der Waals surface area (Å²) in [5.74, 6) is -0.731. The molecule has 4 nitrogen and oxygen atoms in total. The highest BCUT2D eigenvalue weighted by Crippen LogP contribution is 1.74. The first-order valence-corrected chi connectivity index (χ1v) is 4.73. The number of halogens is 1. The highest BCUT2D eigenvalue weighted by Gasteiger charge is 1.88. The zero-order chi connectivity index (χ0) is 13.3. The Kier molecular flexibility index (Phi) is 16.8. The van der Waals surface area contributed by atoms with E-state index in [0.717, 1.165) is 15.0 Å². The molecule has 0 fully saturated rings. The van der Waals surface area contributed by atoms with Crippen LogP contribution < -0.4 is 17.5 Å². The number of rotatable bonds is 1. The van der Waals surface area contributed by atoms with Crippen molar-refractivity contribution in [3.63, 3.8) is 0 Å². The molecule has 1 N–H and O–H groups in total. The van der Waals surface area contributed by atoms with Gasteiger partial charge in [-0.05, 0) is 5.90 Å². The maximum Gasteiger partial charge on any atom is 0.0675 e. The SMILES string of the molecule is C=CC(=N)[O-].C[N+](C)(C)C.C[N+](C)(C)C.[Cl-]. The third-order valence-electron chi connectivity index (χ3n) is 0.185. The lowest BCUT2D eigenvalue weighted by Crippen LogP contribution is -3.00. The van der Waals surface area contributed by atoms with Gasteiger partial charge in [0.05, 0.1) is 56.4 Å². The van der Waals surface area contributed by atoms with E-state index in [1.165, 1.54) is 0 Å². The van der Waals surface area contributed by atoms with Crippen LogP contribution in [0.3, 0.4) is 0 Å². The first kappa shape index (κ1) is 24.6. The van der Waals surface area contributed by atoms with Crippen molar-refractivity contribution in [2.24, 2.45) is 0 Å². The van der Waals surface area contributed by atoms with Crippen LogP contribution in [-0.4, -0.2) is 71.2 Å². The molecule has 0 saturated heterocycles. The number of quaternary nitrogens is 2. The molecule has 0 aliphatic carbocycles. The second-order valence-electron chi connectivity index (χ2n) is 5.93. The van der Waals surface area contributed by atoms with Gasteiger partial charge in [0, 0.05) is 0 Å². The molecule has 100 valence electrons.